The predicted octanol–water partition coefficient (Wildman–Crippen LogP) is 0.978. The highest BCUT2D eigenvalue weighted by molar-refractivity contribution is 5.43. The third-order valence-electron chi connectivity index (χ3n) is 1.86. The molecule has 0 unspecified atom stereocenters. The predicted molar refractivity (Wildman–Crippen MR) is 63.0 cm³/mol. The van der Waals surface area contributed by atoms with Crippen LogP contribution in [0.5, 0.6) is 0 Å². The van der Waals surface area contributed by atoms with E-state index in [9.17, 15) is 13.2 Å². The number of halogens is 3. The molecule has 1 aromatic rings. The molecule has 102 valence electrons. The number of rotatable bonds is 4. The zero-order chi connectivity index (χ0) is 13.9. The Bertz CT molecular complexity index is 378. The second kappa shape index (κ2) is 5.23. The van der Waals surface area contributed by atoms with Crippen LogP contribution in [-0.4, -0.2) is 55.9 Å². The highest BCUT2D eigenvalue weighted by Crippen LogP contribution is 2.17. The minimum atomic E-state index is -4.32. The Kier molecular flexibility index (Phi) is 4.15. The van der Waals surface area contributed by atoms with Crippen LogP contribution in [0.15, 0.2) is 0 Å². The summed E-state index contributed by atoms with van der Waals surface area (Å²) in [6.45, 7) is -1.18. The van der Waals surface area contributed by atoms with Crippen molar-refractivity contribution in [2.45, 2.75) is 6.18 Å². The number of hydrogen-bond acceptors (Lipinski definition) is 6. The van der Waals surface area contributed by atoms with Crippen molar-refractivity contribution >= 4 is 17.8 Å². The van der Waals surface area contributed by atoms with E-state index in [2.05, 4.69) is 20.3 Å². The second-order valence-corrected chi connectivity index (χ2v) is 4.02. The maximum atomic E-state index is 12.1. The molecule has 0 aromatic carbocycles. The van der Waals surface area contributed by atoms with E-state index in [1.165, 1.54) is 0 Å². The molecule has 9 heteroatoms. The van der Waals surface area contributed by atoms with Crippen LogP contribution < -0.4 is 15.1 Å². The van der Waals surface area contributed by atoms with Crippen molar-refractivity contribution in [3.63, 3.8) is 0 Å². The maximum absolute atomic E-state index is 12.1. The summed E-state index contributed by atoms with van der Waals surface area (Å²) in [7, 11) is 6.79. The first-order chi connectivity index (χ1) is 8.19. The molecule has 0 aliphatic carbocycles. The SMILES string of the molecule is CN(C)c1nc(NCC(F)(F)F)nc(N(C)C)n1. The van der Waals surface area contributed by atoms with Crippen LogP contribution in [0.25, 0.3) is 0 Å². The van der Waals surface area contributed by atoms with Gasteiger partial charge in [0.25, 0.3) is 0 Å². The Morgan fingerprint density at radius 1 is 0.944 bits per heavy atom. The van der Waals surface area contributed by atoms with Crippen LogP contribution in [0.4, 0.5) is 31.0 Å². The summed E-state index contributed by atoms with van der Waals surface area (Å²) in [4.78, 5) is 15.0. The molecule has 0 saturated carbocycles. The van der Waals surface area contributed by atoms with Gasteiger partial charge >= 0.3 is 6.18 Å². The van der Waals surface area contributed by atoms with Gasteiger partial charge in [0.05, 0.1) is 0 Å². The largest absolute Gasteiger partial charge is 0.405 e. The van der Waals surface area contributed by atoms with Gasteiger partial charge in [0.1, 0.15) is 6.54 Å². The standard InChI is InChI=1S/C9H15F3N6/c1-17(2)7-14-6(13-5-9(10,11)12)15-8(16-7)18(3)4/h5H2,1-4H3,(H,13,14,15,16). The van der Waals surface area contributed by atoms with Gasteiger partial charge in [-0.1, -0.05) is 0 Å². The Hall–Kier alpha value is -1.80. The van der Waals surface area contributed by atoms with Crippen LogP contribution >= 0.6 is 0 Å². The topological polar surface area (TPSA) is 57.2 Å². The van der Waals surface area contributed by atoms with Gasteiger partial charge < -0.3 is 15.1 Å². The van der Waals surface area contributed by atoms with Crippen LogP contribution in [0.2, 0.25) is 0 Å². The van der Waals surface area contributed by atoms with Crippen molar-refractivity contribution in [3.8, 4) is 0 Å². The Morgan fingerprint density at radius 3 is 1.72 bits per heavy atom. The molecule has 1 rings (SSSR count). The molecular weight excluding hydrogens is 249 g/mol. The first-order valence-corrected chi connectivity index (χ1v) is 5.10. The summed E-state index contributed by atoms with van der Waals surface area (Å²) in [5.74, 6) is 0.478. The molecular formula is C9H15F3N6. The van der Waals surface area contributed by atoms with Gasteiger partial charge in [0, 0.05) is 28.2 Å². The molecule has 0 aliphatic heterocycles. The zero-order valence-electron chi connectivity index (χ0n) is 10.6. The first kappa shape index (κ1) is 14.3. The number of alkyl halides is 3. The molecule has 0 atom stereocenters. The summed E-state index contributed by atoms with van der Waals surface area (Å²) in [6.07, 6.45) is -4.32. The monoisotopic (exact) mass is 264 g/mol. The lowest BCUT2D eigenvalue weighted by Gasteiger charge is -2.17. The average molecular weight is 264 g/mol. The molecule has 1 aromatic heterocycles. The van der Waals surface area contributed by atoms with Crippen molar-refractivity contribution in [1.29, 1.82) is 0 Å². The lowest BCUT2D eigenvalue weighted by atomic mass is 10.6. The summed E-state index contributed by atoms with van der Waals surface area (Å²) < 4.78 is 36.3. The van der Waals surface area contributed by atoms with Crippen LogP contribution in [0.3, 0.4) is 0 Å². The van der Waals surface area contributed by atoms with Crippen molar-refractivity contribution in [3.05, 3.63) is 0 Å². The summed E-state index contributed by atoms with van der Waals surface area (Å²) in [5.41, 5.74) is 0. The highest BCUT2D eigenvalue weighted by atomic mass is 19.4. The molecule has 0 amide bonds. The molecule has 0 saturated heterocycles. The molecule has 0 fully saturated rings. The van der Waals surface area contributed by atoms with Crippen molar-refractivity contribution in [1.82, 2.24) is 15.0 Å². The van der Waals surface area contributed by atoms with Gasteiger partial charge in [-0.3, -0.25) is 0 Å². The fraction of sp³-hybridized carbons (Fsp3) is 0.667. The van der Waals surface area contributed by atoms with Crippen LogP contribution in [-0.2, 0) is 0 Å². The first-order valence-electron chi connectivity index (χ1n) is 5.10. The Labute approximate surface area is 103 Å². The van der Waals surface area contributed by atoms with E-state index in [1.54, 1.807) is 38.0 Å². The van der Waals surface area contributed by atoms with E-state index in [0.29, 0.717) is 11.9 Å². The van der Waals surface area contributed by atoms with E-state index in [1.807, 2.05) is 0 Å². The third-order valence-corrected chi connectivity index (χ3v) is 1.86. The van der Waals surface area contributed by atoms with Crippen molar-refractivity contribution in [2.75, 3.05) is 49.9 Å². The molecule has 6 nitrogen and oxygen atoms in total. The molecule has 0 spiro atoms. The smallest absolute Gasteiger partial charge is 0.347 e. The Balaban J connectivity index is 2.96. The number of nitrogens with zero attached hydrogens (tertiary/aromatic N) is 5. The maximum Gasteiger partial charge on any atom is 0.405 e. The van der Waals surface area contributed by atoms with Crippen LogP contribution in [0.1, 0.15) is 0 Å². The molecule has 0 radical (unpaired) electrons. The fourth-order valence-electron chi connectivity index (χ4n) is 1.01. The molecule has 1 heterocycles. The molecule has 0 bridgehead atoms. The van der Waals surface area contributed by atoms with E-state index in [0.717, 1.165) is 0 Å². The number of aromatic nitrogens is 3. The van der Waals surface area contributed by atoms with Gasteiger partial charge in [-0.15, -0.1) is 0 Å². The second-order valence-electron chi connectivity index (χ2n) is 4.02. The zero-order valence-corrected chi connectivity index (χ0v) is 10.6. The molecule has 0 aliphatic rings. The lowest BCUT2D eigenvalue weighted by molar-refractivity contribution is -0.115. The van der Waals surface area contributed by atoms with Gasteiger partial charge in [0.2, 0.25) is 17.8 Å². The quantitative estimate of drug-likeness (QED) is 0.874. The molecule has 18 heavy (non-hydrogen) atoms. The van der Waals surface area contributed by atoms with Gasteiger partial charge in [0.15, 0.2) is 0 Å². The van der Waals surface area contributed by atoms with Crippen LogP contribution in [0, 0.1) is 0 Å². The van der Waals surface area contributed by atoms with E-state index in [4.69, 9.17) is 0 Å². The van der Waals surface area contributed by atoms with Gasteiger partial charge in [-0.05, 0) is 0 Å². The average Bonchev–Trinajstić information content (AvgIpc) is 2.25. The highest BCUT2D eigenvalue weighted by Gasteiger charge is 2.27. The lowest BCUT2D eigenvalue weighted by Crippen LogP contribution is -2.24. The molecule has 1 N–H and O–H groups in total. The minimum Gasteiger partial charge on any atom is -0.347 e. The number of hydrogen-bond donors (Lipinski definition) is 1. The summed E-state index contributed by atoms with van der Waals surface area (Å²) in [6, 6.07) is 0. The minimum absolute atomic E-state index is 0.102. The van der Waals surface area contributed by atoms with E-state index < -0.39 is 12.7 Å². The number of anilines is 3. The van der Waals surface area contributed by atoms with E-state index >= 15 is 0 Å². The normalized spacial score (nSPS) is 11.3. The van der Waals surface area contributed by atoms with Gasteiger partial charge in [-0.2, -0.15) is 28.1 Å². The number of nitrogens with one attached hydrogen (secondary N) is 1. The fourth-order valence-corrected chi connectivity index (χ4v) is 1.01. The van der Waals surface area contributed by atoms with Crippen molar-refractivity contribution < 1.29 is 13.2 Å². The summed E-state index contributed by atoms with van der Waals surface area (Å²) >= 11 is 0. The van der Waals surface area contributed by atoms with Gasteiger partial charge in [-0.25, -0.2) is 0 Å². The summed E-state index contributed by atoms with van der Waals surface area (Å²) in [5, 5.41) is 2.13. The van der Waals surface area contributed by atoms with E-state index in [-0.39, 0.29) is 5.95 Å². The Morgan fingerprint density at radius 2 is 1.39 bits per heavy atom. The third kappa shape index (κ3) is 4.22. The van der Waals surface area contributed by atoms with Crippen molar-refractivity contribution in [2.24, 2.45) is 0 Å².